The first-order chi connectivity index (χ1) is 15.9. The number of ether oxygens (including phenoxy) is 3. The number of methoxy groups -OCH3 is 3. The molecule has 1 aliphatic rings. The minimum absolute atomic E-state index is 0.125. The summed E-state index contributed by atoms with van der Waals surface area (Å²) >= 11 is 0. The molecule has 9 heteroatoms. The Balaban J connectivity index is 2.01. The fourth-order valence-electron chi connectivity index (χ4n) is 3.88. The van der Waals surface area contributed by atoms with Crippen molar-refractivity contribution in [3.05, 3.63) is 71.0 Å². The lowest BCUT2D eigenvalue weighted by molar-refractivity contribution is -0.132. The van der Waals surface area contributed by atoms with Crippen LogP contribution in [0, 0.1) is 6.92 Å². The van der Waals surface area contributed by atoms with Crippen molar-refractivity contribution in [3.63, 3.8) is 0 Å². The first kappa shape index (κ1) is 21.9. The van der Waals surface area contributed by atoms with Crippen LogP contribution in [-0.2, 0) is 9.59 Å². The molecule has 0 radical (unpaired) electrons. The first-order valence-corrected chi connectivity index (χ1v) is 10.0. The smallest absolute Gasteiger partial charge is 0.301 e. The monoisotopic (exact) mass is 450 g/mol. The summed E-state index contributed by atoms with van der Waals surface area (Å²) in [7, 11) is 4.43. The maximum atomic E-state index is 13.2. The van der Waals surface area contributed by atoms with Crippen molar-refractivity contribution in [2.75, 3.05) is 26.2 Å². The lowest BCUT2D eigenvalue weighted by Gasteiger charge is -2.25. The molecule has 9 nitrogen and oxygen atoms in total. The Morgan fingerprint density at radius 1 is 1.03 bits per heavy atom. The van der Waals surface area contributed by atoms with E-state index in [9.17, 15) is 14.7 Å². The lowest BCUT2D eigenvalue weighted by atomic mass is 9.94. The standard InChI is InChI=1S/C24H22N2O7/c1-13-11-18(25-33-13)26-20(16-9-6-10-17(31-3)23(16)32-4)19(22(28)24(26)29)21(27)14-7-5-8-15(12-14)30-2/h5-12,20,27H,1-4H3/t20-/m0/s1. The zero-order valence-electron chi connectivity index (χ0n) is 18.5. The van der Waals surface area contributed by atoms with Gasteiger partial charge in [0.25, 0.3) is 5.78 Å². The van der Waals surface area contributed by atoms with Gasteiger partial charge in [0, 0.05) is 17.2 Å². The topological polar surface area (TPSA) is 111 Å². The minimum Gasteiger partial charge on any atom is -0.507 e. The summed E-state index contributed by atoms with van der Waals surface area (Å²) in [6.07, 6.45) is 0. The predicted octanol–water partition coefficient (Wildman–Crippen LogP) is 3.64. The van der Waals surface area contributed by atoms with Gasteiger partial charge in [-0.2, -0.15) is 0 Å². The number of aromatic nitrogens is 1. The van der Waals surface area contributed by atoms with Crippen molar-refractivity contribution in [1.82, 2.24) is 5.16 Å². The van der Waals surface area contributed by atoms with Gasteiger partial charge in [-0.3, -0.25) is 14.5 Å². The molecule has 2 aromatic carbocycles. The molecule has 0 bridgehead atoms. The van der Waals surface area contributed by atoms with E-state index in [1.165, 1.54) is 32.3 Å². The Labute approximate surface area is 189 Å². The zero-order chi connectivity index (χ0) is 23.7. The molecule has 170 valence electrons. The number of carbonyl (C=O) groups excluding carboxylic acids is 2. The van der Waals surface area contributed by atoms with Crippen molar-refractivity contribution < 1.29 is 33.4 Å². The number of Topliss-reactive ketones (excluding diaryl/α,β-unsaturated/α-hetero) is 1. The van der Waals surface area contributed by atoms with Crippen molar-refractivity contribution in [2.45, 2.75) is 13.0 Å². The largest absolute Gasteiger partial charge is 0.507 e. The maximum absolute atomic E-state index is 13.2. The number of nitrogens with zero attached hydrogens (tertiary/aromatic N) is 2. The molecule has 0 saturated carbocycles. The fraction of sp³-hybridized carbons (Fsp3) is 0.208. The second-order valence-corrected chi connectivity index (χ2v) is 7.28. The Morgan fingerprint density at radius 3 is 2.42 bits per heavy atom. The van der Waals surface area contributed by atoms with Gasteiger partial charge in [0.1, 0.15) is 23.3 Å². The number of para-hydroxylation sites is 1. The molecule has 2 heterocycles. The number of aliphatic hydroxyl groups is 1. The van der Waals surface area contributed by atoms with E-state index >= 15 is 0 Å². The second kappa shape index (κ2) is 8.70. The van der Waals surface area contributed by atoms with Crippen molar-refractivity contribution in [2.24, 2.45) is 0 Å². The molecule has 33 heavy (non-hydrogen) atoms. The van der Waals surface area contributed by atoms with E-state index in [4.69, 9.17) is 18.7 Å². The molecule has 1 fully saturated rings. The molecule has 3 aromatic rings. The predicted molar refractivity (Wildman–Crippen MR) is 119 cm³/mol. The fourth-order valence-corrected chi connectivity index (χ4v) is 3.88. The van der Waals surface area contributed by atoms with Crippen molar-refractivity contribution in [3.8, 4) is 17.2 Å². The van der Waals surface area contributed by atoms with E-state index in [1.54, 1.807) is 49.4 Å². The Hall–Kier alpha value is -4.27. The van der Waals surface area contributed by atoms with Gasteiger partial charge in [-0.1, -0.05) is 29.4 Å². The third-order valence-corrected chi connectivity index (χ3v) is 5.38. The summed E-state index contributed by atoms with van der Waals surface area (Å²) in [5.74, 6) is -0.300. The molecule has 0 aliphatic carbocycles. The van der Waals surface area contributed by atoms with Crippen LogP contribution in [0.4, 0.5) is 5.82 Å². The van der Waals surface area contributed by atoms with Crippen LogP contribution in [0.1, 0.15) is 22.9 Å². The molecule has 1 atom stereocenters. The average Bonchev–Trinajstić information content (AvgIpc) is 3.38. The highest BCUT2D eigenvalue weighted by Gasteiger charge is 2.49. The van der Waals surface area contributed by atoms with Crippen molar-refractivity contribution >= 4 is 23.3 Å². The van der Waals surface area contributed by atoms with Gasteiger partial charge in [-0.05, 0) is 25.1 Å². The molecule has 1 aliphatic heterocycles. The first-order valence-electron chi connectivity index (χ1n) is 10.0. The molecule has 4 rings (SSSR count). The highest BCUT2D eigenvalue weighted by atomic mass is 16.5. The molecule has 1 saturated heterocycles. The quantitative estimate of drug-likeness (QED) is 0.344. The van der Waals surface area contributed by atoms with Gasteiger partial charge in [0.15, 0.2) is 17.3 Å². The van der Waals surface area contributed by atoms with Gasteiger partial charge in [-0.25, -0.2) is 0 Å². The molecule has 0 spiro atoms. The maximum Gasteiger partial charge on any atom is 0.301 e. The Kier molecular flexibility index (Phi) is 5.78. The van der Waals surface area contributed by atoms with Gasteiger partial charge >= 0.3 is 5.91 Å². The third kappa shape index (κ3) is 3.67. The second-order valence-electron chi connectivity index (χ2n) is 7.28. The van der Waals surface area contributed by atoms with Crippen LogP contribution in [0.15, 0.2) is 58.6 Å². The SMILES string of the molecule is COc1cccc(C(O)=C2C(=O)C(=O)N(c3cc(C)on3)[C@H]2c2cccc(OC)c2OC)c1. The van der Waals surface area contributed by atoms with E-state index in [-0.39, 0.29) is 17.2 Å². The Bertz CT molecular complexity index is 1260. The number of aliphatic hydroxyl groups excluding tert-OH is 1. The van der Waals surface area contributed by atoms with Gasteiger partial charge in [-0.15, -0.1) is 0 Å². The summed E-state index contributed by atoms with van der Waals surface area (Å²) in [6.45, 7) is 1.67. The minimum atomic E-state index is -1.05. The zero-order valence-corrected chi connectivity index (χ0v) is 18.5. The van der Waals surface area contributed by atoms with Crippen molar-refractivity contribution in [1.29, 1.82) is 0 Å². The number of hydrogen-bond acceptors (Lipinski definition) is 8. The van der Waals surface area contributed by atoms with Gasteiger partial charge in [0.05, 0.1) is 26.9 Å². The van der Waals surface area contributed by atoms with Crippen LogP contribution in [0.25, 0.3) is 5.76 Å². The van der Waals surface area contributed by atoms with Gasteiger partial charge < -0.3 is 23.8 Å². The van der Waals surface area contributed by atoms with Crippen LogP contribution in [-0.4, -0.2) is 43.3 Å². The molecule has 0 unspecified atom stereocenters. The molecule has 1 amide bonds. The van der Waals surface area contributed by atoms with Crippen LogP contribution >= 0.6 is 0 Å². The van der Waals surface area contributed by atoms with E-state index in [1.807, 2.05) is 0 Å². The highest BCUT2D eigenvalue weighted by molar-refractivity contribution is 6.51. The van der Waals surface area contributed by atoms with Gasteiger partial charge in [0.2, 0.25) is 0 Å². The average molecular weight is 450 g/mol. The summed E-state index contributed by atoms with van der Waals surface area (Å²) in [6, 6.07) is 12.1. The molecular formula is C24H22N2O7. The number of amides is 1. The number of aryl methyl sites for hydroxylation is 1. The van der Waals surface area contributed by atoms with E-state index in [0.717, 1.165) is 0 Å². The Morgan fingerprint density at radius 2 is 1.79 bits per heavy atom. The highest BCUT2D eigenvalue weighted by Crippen LogP contribution is 2.47. The number of anilines is 1. The van der Waals surface area contributed by atoms with E-state index in [0.29, 0.717) is 34.1 Å². The summed E-state index contributed by atoms with van der Waals surface area (Å²) in [5, 5.41) is 15.2. The summed E-state index contributed by atoms with van der Waals surface area (Å²) in [5.41, 5.74) is 0.622. The van der Waals surface area contributed by atoms with E-state index < -0.39 is 17.7 Å². The van der Waals surface area contributed by atoms with Crippen LogP contribution in [0.2, 0.25) is 0 Å². The van der Waals surface area contributed by atoms with Crippen LogP contribution < -0.4 is 19.1 Å². The van der Waals surface area contributed by atoms with Crippen LogP contribution in [0.5, 0.6) is 17.2 Å². The molecule has 1 aromatic heterocycles. The summed E-state index contributed by atoms with van der Waals surface area (Å²) in [4.78, 5) is 27.6. The number of ketones is 1. The lowest BCUT2D eigenvalue weighted by Crippen LogP contribution is -2.30. The molecular weight excluding hydrogens is 428 g/mol. The summed E-state index contributed by atoms with van der Waals surface area (Å²) < 4.78 is 21.4. The number of benzene rings is 2. The number of rotatable bonds is 6. The number of hydrogen-bond donors (Lipinski definition) is 1. The normalized spacial score (nSPS) is 17.3. The molecule has 1 N–H and O–H groups in total. The van der Waals surface area contributed by atoms with E-state index in [2.05, 4.69) is 5.16 Å². The number of carbonyl (C=O) groups is 2. The third-order valence-electron chi connectivity index (χ3n) is 5.38. The van der Waals surface area contributed by atoms with Crippen LogP contribution in [0.3, 0.4) is 0 Å².